The van der Waals surface area contributed by atoms with Crippen LogP contribution in [0.25, 0.3) is 0 Å². The molecule has 0 spiro atoms. The molecule has 0 atom stereocenters. The number of aliphatic imine (C=N–C) groups is 1. The zero-order chi connectivity index (χ0) is 16.0. The molecule has 2 aromatic heterocycles. The Balaban J connectivity index is 0.00000264. The van der Waals surface area contributed by atoms with E-state index in [0.29, 0.717) is 17.5 Å². The molecule has 2 heterocycles. The summed E-state index contributed by atoms with van der Waals surface area (Å²) in [4.78, 5) is 8.85. The van der Waals surface area contributed by atoms with Gasteiger partial charge in [0, 0.05) is 23.8 Å². The third-order valence-corrected chi connectivity index (χ3v) is 4.50. The number of hydrogen-bond donors (Lipinski definition) is 2. The van der Waals surface area contributed by atoms with E-state index in [0.717, 1.165) is 23.1 Å². The van der Waals surface area contributed by atoms with Gasteiger partial charge in [-0.15, -0.1) is 46.7 Å². The number of aromatic nitrogens is 1. The second-order valence-electron chi connectivity index (χ2n) is 4.31. The maximum atomic E-state index is 12.5. The van der Waals surface area contributed by atoms with E-state index in [4.69, 9.17) is 0 Å². The third kappa shape index (κ3) is 6.63. The minimum atomic E-state index is -4.39. The number of nitrogens with zero attached hydrogens (tertiary/aromatic N) is 2. The van der Waals surface area contributed by atoms with Crippen molar-refractivity contribution in [2.75, 3.05) is 13.6 Å². The summed E-state index contributed by atoms with van der Waals surface area (Å²) in [5, 5.41) is 9.47. The van der Waals surface area contributed by atoms with Crippen LogP contribution in [0, 0.1) is 0 Å². The van der Waals surface area contributed by atoms with E-state index < -0.39 is 11.9 Å². The monoisotopic (exact) mass is 476 g/mol. The number of thiazole rings is 1. The van der Waals surface area contributed by atoms with Crippen molar-refractivity contribution in [2.24, 2.45) is 4.99 Å². The van der Waals surface area contributed by atoms with Crippen molar-refractivity contribution in [1.82, 2.24) is 15.6 Å². The van der Waals surface area contributed by atoms with Crippen molar-refractivity contribution in [1.29, 1.82) is 0 Å². The van der Waals surface area contributed by atoms with Gasteiger partial charge in [-0.2, -0.15) is 13.2 Å². The molecule has 2 aromatic rings. The van der Waals surface area contributed by atoms with Gasteiger partial charge >= 0.3 is 6.18 Å². The molecule has 0 fully saturated rings. The Bertz CT molecular complexity index is 611. The first kappa shape index (κ1) is 20.2. The highest BCUT2D eigenvalue weighted by Crippen LogP contribution is 2.29. The molecule has 0 amide bonds. The number of halogens is 4. The summed E-state index contributed by atoms with van der Waals surface area (Å²) < 4.78 is 37.4. The smallest absolute Gasteiger partial charge is 0.356 e. The third-order valence-electron chi connectivity index (χ3n) is 2.72. The molecular formula is C13H16F3IN4S2. The van der Waals surface area contributed by atoms with E-state index >= 15 is 0 Å². The Labute approximate surface area is 157 Å². The SMILES string of the molecule is CN=C(NCCc1cccs1)NCc1nc(C(F)(F)F)cs1.I. The minimum absolute atomic E-state index is 0. The minimum Gasteiger partial charge on any atom is -0.356 e. The number of hydrogen-bond acceptors (Lipinski definition) is 4. The summed E-state index contributed by atoms with van der Waals surface area (Å²) in [5.74, 6) is 0.542. The zero-order valence-electron chi connectivity index (χ0n) is 12.2. The van der Waals surface area contributed by atoms with E-state index in [1.165, 1.54) is 4.88 Å². The van der Waals surface area contributed by atoms with Crippen molar-refractivity contribution >= 4 is 52.6 Å². The quantitative estimate of drug-likeness (QED) is 0.393. The number of alkyl halides is 3. The van der Waals surface area contributed by atoms with Gasteiger partial charge in [0.25, 0.3) is 0 Å². The number of rotatable bonds is 5. The highest BCUT2D eigenvalue weighted by molar-refractivity contribution is 14.0. The molecule has 0 aliphatic carbocycles. The molecule has 0 aromatic carbocycles. The second kappa shape index (κ2) is 9.42. The Hall–Kier alpha value is -0.880. The van der Waals surface area contributed by atoms with E-state index in [2.05, 4.69) is 26.7 Å². The molecule has 0 radical (unpaired) electrons. The van der Waals surface area contributed by atoms with Crippen molar-refractivity contribution in [3.05, 3.63) is 38.5 Å². The topological polar surface area (TPSA) is 49.3 Å². The molecule has 0 saturated heterocycles. The summed E-state index contributed by atoms with van der Waals surface area (Å²) >= 11 is 2.66. The van der Waals surface area contributed by atoms with Gasteiger partial charge in [0.15, 0.2) is 11.7 Å². The Kier molecular flexibility index (Phi) is 8.26. The van der Waals surface area contributed by atoms with Crippen molar-refractivity contribution in [2.45, 2.75) is 19.1 Å². The average Bonchev–Trinajstić information content (AvgIpc) is 3.13. The fourth-order valence-electron chi connectivity index (χ4n) is 1.66. The van der Waals surface area contributed by atoms with Crippen LogP contribution in [0.1, 0.15) is 15.6 Å². The second-order valence-corrected chi connectivity index (χ2v) is 6.28. The predicted molar refractivity (Wildman–Crippen MR) is 98.8 cm³/mol. The van der Waals surface area contributed by atoms with Gasteiger partial charge in [0.1, 0.15) is 5.01 Å². The molecule has 2 rings (SSSR count). The number of nitrogens with one attached hydrogen (secondary N) is 2. The van der Waals surface area contributed by atoms with E-state index in [9.17, 15) is 13.2 Å². The van der Waals surface area contributed by atoms with Crippen LogP contribution in [0.2, 0.25) is 0 Å². The summed E-state index contributed by atoms with van der Waals surface area (Å²) in [6, 6.07) is 4.05. The van der Waals surface area contributed by atoms with E-state index in [1.54, 1.807) is 18.4 Å². The van der Waals surface area contributed by atoms with Crippen molar-refractivity contribution in [3.8, 4) is 0 Å². The molecule has 0 saturated carbocycles. The number of guanidine groups is 1. The van der Waals surface area contributed by atoms with E-state index in [-0.39, 0.29) is 30.5 Å². The highest BCUT2D eigenvalue weighted by Gasteiger charge is 2.33. The molecule has 4 nitrogen and oxygen atoms in total. The maximum Gasteiger partial charge on any atom is 0.434 e. The van der Waals surface area contributed by atoms with Gasteiger partial charge in [0.2, 0.25) is 0 Å². The van der Waals surface area contributed by atoms with Crippen molar-refractivity contribution in [3.63, 3.8) is 0 Å². The first-order valence-electron chi connectivity index (χ1n) is 6.47. The summed E-state index contributed by atoms with van der Waals surface area (Å²) in [6.07, 6.45) is -3.52. The zero-order valence-corrected chi connectivity index (χ0v) is 16.1. The lowest BCUT2D eigenvalue weighted by atomic mass is 10.3. The number of thiophene rings is 1. The van der Waals surface area contributed by atoms with Crippen LogP contribution >= 0.6 is 46.7 Å². The van der Waals surface area contributed by atoms with Gasteiger partial charge in [0.05, 0.1) is 6.54 Å². The van der Waals surface area contributed by atoms with Gasteiger partial charge in [-0.3, -0.25) is 4.99 Å². The van der Waals surface area contributed by atoms with Crippen LogP contribution in [0.5, 0.6) is 0 Å². The summed E-state index contributed by atoms with van der Waals surface area (Å²) in [7, 11) is 1.61. The van der Waals surface area contributed by atoms with Crippen LogP contribution in [0.3, 0.4) is 0 Å². The molecule has 0 unspecified atom stereocenters. The van der Waals surface area contributed by atoms with Gasteiger partial charge in [-0.05, 0) is 17.9 Å². The first-order valence-corrected chi connectivity index (χ1v) is 8.23. The van der Waals surface area contributed by atoms with Gasteiger partial charge in [-0.25, -0.2) is 4.98 Å². The van der Waals surface area contributed by atoms with Gasteiger partial charge in [-0.1, -0.05) is 6.07 Å². The van der Waals surface area contributed by atoms with Crippen molar-refractivity contribution < 1.29 is 13.2 Å². The molecule has 0 aliphatic rings. The highest BCUT2D eigenvalue weighted by atomic mass is 127. The standard InChI is InChI=1S/C13H15F3N4S2.HI/c1-17-12(18-5-4-9-3-2-6-21-9)19-7-11-20-10(8-22-11)13(14,15)16;/h2-3,6,8H,4-5,7H2,1H3,(H2,17,18,19);1H. The molecular weight excluding hydrogens is 460 g/mol. The van der Waals surface area contributed by atoms with Gasteiger partial charge < -0.3 is 10.6 Å². The molecule has 128 valence electrons. The van der Waals surface area contributed by atoms with Crippen LogP contribution in [-0.2, 0) is 19.1 Å². The average molecular weight is 476 g/mol. The molecule has 0 bridgehead atoms. The van der Waals surface area contributed by atoms with Crippen LogP contribution in [0.4, 0.5) is 13.2 Å². The predicted octanol–water partition coefficient (Wildman–Crippen LogP) is 3.75. The summed E-state index contributed by atoms with van der Waals surface area (Å²) in [5.41, 5.74) is -0.852. The molecule has 23 heavy (non-hydrogen) atoms. The van der Waals surface area contributed by atoms with Crippen LogP contribution in [0.15, 0.2) is 27.9 Å². The lowest BCUT2D eigenvalue weighted by molar-refractivity contribution is -0.140. The lowest BCUT2D eigenvalue weighted by Gasteiger charge is -2.10. The Morgan fingerprint density at radius 3 is 2.65 bits per heavy atom. The fourth-order valence-corrected chi connectivity index (χ4v) is 3.11. The molecule has 2 N–H and O–H groups in total. The normalized spacial score (nSPS) is 11.9. The first-order chi connectivity index (χ1) is 10.5. The van der Waals surface area contributed by atoms with Crippen LogP contribution < -0.4 is 10.6 Å². The fraction of sp³-hybridized carbons (Fsp3) is 0.385. The maximum absolute atomic E-state index is 12.5. The largest absolute Gasteiger partial charge is 0.434 e. The summed E-state index contributed by atoms with van der Waals surface area (Å²) in [6.45, 7) is 0.908. The Morgan fingerprint density at radius 2 is 2.09 bits per heavy atom. The van der Waals surface area contributed by atoms with Crippen LogP contribution in [-0.4, -0.2) is 24.5 Å². The Morgan fingerprint density at radius 1 is 1.30 bits per heavy atom. The van der Waals surface area contributed by atoms with E-state index in [1.807, 2.05) is 11.4 Å². The molecule has 10 heteroatoms. The lowest BCUT2D eigenvalue weighted by Crippen LogP contribution is -2.37. The molecule has 0 aliphatic heterocycles.